The Morgan fingerprint density at radius 3 is 3.00 bits per heavy atom. The van der Waals surface area contributed by atoms with Crippen LogP contribution in [0.2, 0.25) is 0 Å². The average molecular weight is 177 g/mol. The van der Waals surface area contributed by atoms with Gasteiger partial charge in [0.25, 0.3) is 0 Å². The van der Waals surface area contributed by atoms with Crippen molar-refractivity contribution in [1.82, 2.24) is 0 Å². The summed E-state index contributed by atoms with van der Waals surface area (Å²) in [4.78, 5) is 1.35. The highest BCUT2D eigenvalue weighted by atomic mass is 32.1. The van der Waals surface area contributed by atoms with E-state index >= 15 is 0 Å². The Morgan fingerprint density at radius 1 is 1.42 bits per heavy atom. The molecule has 1 nitrogen and oxygen atoms in total. The maximum absolute atomic E-state index is 5.63. The van der Waals surface area contributed by atoms with Gasteiger partial charge >= 0.3 is 0 Å². The molecule has 1 aromatic heterocycles. The van der Waals surface area contributed by atoms with Gasteiger partial charge in [-0.15, -0.1) is 11.3 Å². The summed E-state index contributed by atoms with van der Waals surface area (Å²) in [7, 11) is 0. The standard InChI is InChI=1S/C10H11NS/c1-7-5-9-8(6-11)3-2-4-10(9)12-7/h2-5H,6,11H2,1H3. The molecule has 0 atom stereocenters. The zero-order valence-electron chi connectivity index (χ0n) is 7.00. The molecule has 0 bridgehead atoms. The van der Waals surface area contributed by atoms with Crippen LogP contribution < -0.4 is 5.73 Å². The molecule has 0 aliphatic carbocycles. The lowest BCUT2D eigenvalue weighted by molar-refractivity contribution is 1.09. The van der Waals surface area contributed by atoms with E-state index in [9.17, 15) is 0 Å². The molecule has 2 aromatic rings. The fraction of sp³-hybridized carbons (Fsp3) is 0.200. The van der Waals surface area contributed by atoms with Crippen molar-refractivity contribution in [3.05, 3.63) is 34.7 Å². The predicted molar refractivity (Wildman–Crippen MR) is 54.5 cm³/mol. The molecule has 1 heterocycles. The average Bonchev–Trinajstić information content (AvgIpc) is 2.44. The van der Waals surface area contributed by atoms with Gasteiger partial charge < -0.3 is 5.73 Å². The van der Waals surface area contributed by atoms with Crippen molar-refractivity contribution in [2.45, 2.75) is 13.5 Å². The number of nitrogens with two attached hydrogens (primary N) is 1. The summed E-state index contributed by atoms with van der Waals surface area (Å²) in [6, 6.07) is 8.52. The predicted octanol–water partition coefficient (Wildman–Crippen LogP) is 2.67. The number of hydrogen-bond acceptors (Lipinski definition) is 2. The Balaban J connectivity index is 2.78. The van der Waals surface area contributed by atoms with Gasteiger partial charge in [-0.25, -0.2) is 0 Å². The highest BCUT2D eigenvalue weighted by Crippen LogP contribution is 2.27. The molecule has 0 amide bonds. The van der Waals surface area contributed by atoms with Crippen LogP contribution in [0, 0.1) is 6.92 Å². The molecular formula is C10H11NS. The van der Waals surface area contributed by atoms with Gasteiger partial charge in [0.05, 0.1) is 0 Å². The van der Waals surface area contributed by atoms with E-state index in [4.69, 9.17) is 5.73 Å². The molecule has 0 saturated heterocycles. The molecule has 2 rings (SSSR count). The zero-order valence-corrected chi connectivity index (χ0v) is 7.82. The van der Waals surface area contributed by atoms with Crippen LogP contribution in [0.25, 0.3) is 10.1 Å². The largest absolute Gasteiger partial charge is 0.326 e. The molecule has 0 fully saturated rings. The molecule has 12 heavy (non-hydrogen) atoms. The molecule has 1 aromatic carbocycles. The lowest BCUT2D eigenvalue weighted by Gasteiger charge is -1.96. The fourth-order valence-electron chi connectivity index (χ4n) is 1.43. The van der Waals surface area contributed by atoms with Crippen LogP contribution in [0.4, 0.5) is 0 Å². The first-order valence-corrected chi connectivity index (χ1v) is 4.81. The number of thiophene rings is 1. The maximum atomic E-state index is 5.63. The lowest BCUT2D eigenvalue weighted by Crippen LogP contribution is -1.95. The molecule has 0 spiro atoms. The van der Waals surface area contributed by atoms with Gasteiger partial charge in [0.15, 0.2) is 0 Å². The van der Waals surface area contributed by atoms with E-state index in [1.165, 1.54) is 20.5 Å². The smallest absolute Gasteiger partial charge is 0.0348 e. The van der Waals surface area contributed by atoms with Crippen LogP contribution in [0.1, 0.15) is 10.4 Å². The van der Waals surface area contributed by atoms with Gasteiger partial charge in [0.2, 0.25) is 0 Å². The second-order valence-electron chi connectivity index (χ2n) is 2.89. The zero-order chi connectivity index (χ0) is 8.55. The van der Waals surface area contributed by atoms with Crippen LogP contribution >= 0.6 is 11.3 Å². The van der Waals surface area contributed by atoms with Gasteiger partial charge in [0, 0.05) is 16.1 Å². The fourth-order valence-corrected chi connectivity index (χ4v) is 2.40. The SMILES string of the molecule is Cc1cc2c(CN)cccc2s1. The number of benzene rings is 1. The Hall–Kier alpha value is -0.860. The Morgan fingerprint density at radius 2 is 2.25 bits per heavy atom. The van der Waals surface area contributed by atoms with E-state index in [0.717, 1.165) is 0 Å². The first kappa shape index (κ1) is 7.77. The van der Waals surface area contributed by atoms with E-state index in [-0.39, 0.29) is 0 Å². The monoisotopic (exact) mass is 177 g/mol. The second-order valence-corrected chi connectivity index (χ2v) is 4.18. The topological polar surface area (TPSA) is 26.0 Å². The molecule has 2 heteroatoms. The summed E-state index contributed by atoms with van der Waals surface area (Å²) in [5.41, 5.74) is 6.88. The summed E-state index contributed by atoms with van der Waals surface area (Å²) >= 11 is 1.83. The Labute approximate surface area is 75.8 Å². The third kappa shape index (κ3) is 1.13. The van der Waals surface area contributed by atoms with E-state index in [0.29, 0.717) is 6.54 Å². The van der Waals surface area contributed by atoms with Crippen molar-refractivity contribution >= 4 is 21.4 Å². The van der Waals surface area contributed by atoms with Crippen molar-refractivity contribution < 1.29 is 0 Å². The van der Waals surface area contributed by atoms with Crippen molar-refractivity contribution in [2.24, 2.45) is 5.73 Å². The van der Waals surface area contributed by atoms with Gasteiger partial charge in [-0.3, -0.25) is 0 Å². The minimum atomic E-state index is 0.632. The molecular weight excluding hydrogens is 166 g/mol. The second kappa shape index (κ2) is 2.88. The van der Waals surface area contributed by atoms with E-state index in [1.807, 2.05) is 11.3 Å². The number of fused-ring (bicyclic) bond motifs is 1. The molecule has 0 radical (unpaired) electrons. The number of rotatable bonds is 1. The first-order valence-electron chi connectivity index (χ1n) is 3.99. The highest BCUT2D eigenvalue weighted by molar-refractivity contribution is 7.19. The normalized spacial score (nSPS) is 10.8. The molecule has 62 valence electrons. The van der Waals surface area contributed by atoms with Crippen molar-refractivity contribution in [1.29, 1.82) is 0 Å². The molecule has 2 N–H and O–H groups in total. The van der Waals surface area contributed by atoms with Gasteiger partial charge in [-0.05, 0) is 30.0 Å². The van der Waals surface area contributed by atoms with E-state index in [1.54, 1.807) is 0 Å². The maximum Gasteiger partial charge on any atom is 0.0348 e. The molecule has 0 unspecified atom stereocenters. The van der Waals surface area contributed by atoms with Crippen LogP contribution in [0.3, 0.4) is 0 Å². The Bertz CT molecular complexity index is 403. The summed E-state index contributed by atoms with van der Waals surface area (Å²) in [5.74, 6) is 0. The third-order valence-electron chi connectivity index (χ3n) is 1.99. The van der Waals surface area contributed by atoms with Gasteiger partial charge in [-0.2, -0.15) is 0 Å². The summed E-state index contributed by atoms with van der Waals surface area (Å²) in [6.07, 6.45) is 0. The minimum absolute atomic E-state index is 0.632. The lowest BCUT2D eigenvalue weighted by atomic mass is 10.1. The van der Waals surface area contributed by atoms with Crippen molar-refractivity contribution in [3.63, 3.8) is 0 Å². The summed E-state index contributed by atoms with van der Waals surface area (Å²) in [6.45, 7) is 2.76. The van der Waals surface area contributed by atoms with Crippen molar-refractivity contribution in [3.8, 4) is 0 Å². The van der Waals surface area contributed by atoms with Crippen LogP contribution in [-0.2, 0) is 6.54 Å². The van der Waals surface area contributed by atoms with Crippen LogP contribution in [0.5, 0.6) is 0 Å². The molecule has 0 saturated carbocycles. The third-order valence-corrected chi connectivity index (χ3v) is 3.01. The highest BCUT2D eigenvalue weighted by Gasteiger charge is 2.01. The summed E-state index contributed by atoms with van der Waals surface area (Å²) in [5, 5.41) is 1.32. The minimum Gasteiger partial charge on any atom is -0.326 e. The van der Waals surface area contributed by atoms with E-state index < -0.39 is 0 Å². The van der Waals surface area contributed by atoms with Crippen molar-refractivity contribution in [2.75, 3.05) is 0 Å². The van der Waals surface area contributed by atoms with Crippen LogP contribution in [0.15, 0.2) is 24.3 Å². The first-order chi connectivity index (χ1) is 5.81. The Kier molecular flexibility index (Phi) is 1.87. The van der Waals surface area contributed by atoms with Gasteiger partial charge in [-0.1, -0.05) is 12.1 Å². The molecule has 0 aliphatic heterocycles. The molecule has 0 aliphatic rings. The number of aryl methyl sites for hydroxylation is 1. The van der Waals surface area contributed by atoms with Crippen LogP contribution in [-0.4, -0.2) is 0 Å². The quantitative estimate of drug-likeness (QED) is 0.712. The summed E-state index contributed by atoms with van der Waals surface area (Å²) < 4.78 is 1.34. The van der Waals surface area contributed by atoms with Gasteiger partial charge in [0.1, 0.15) is 0 Å². The number of hydrogen-bond donors (Lipinski definition) is 1. The van der Waals surface area contributed by atoms with E-state index in [2.05, 4.69) is 31.2 Å².